The van der Waals surface area contributed by atoms with Crippen LogP contribution in [0.15, 0.2) is 12.3 Å². The molecular weight excluding hydrogens is 462 g/mol. The van der Waals surface area contributed by atoms with Crippen LogP contribution in [0.5, 0.6) is 0 Å². The molecule has 0 spiro atoms. The lowest BCUT2D eigenvalue weighted by molar-refractivity contribution is -0.389. The van der Waals surface area contributed by atoms with Crippen molar-refractivity contribution in [3.63, 3.8) is 0 Å². The third-order valence-electron chi connectivity index (χ3n) is 6.19. The average Bonchev–Trinajstić information content (AvgIpc) is 3.53. The molecule has 1 amide bonds. The minimum absolute atomic E-state index is 0.0425. The van der Waals surface area contributed by atoms with E-state index in [1.807, 2.05) is 0 Å². The predicted octanol–water partition coefficient (Wildman–Crippen LogP) is 2.43. The number of Topliss-reactive ketones (excluding diaryl/α,β-unsaturated/α-hetero) is 1. The second kappa shape index (κ2) is 10.4. The fraction of sp³-hybridized carbons (Fsp3) is 0.545. The van der Waals surface area contributed by atoms with E-state index in [0.717, 1.165) is 36.1 Å². The lowest BCUT2D eigenvalue weighted by Gasteiger charge is -2.15. The summed E-state index contributed by atoms with van der Waals surface area (Å²) in [5.74, 6) is -1.43. The van der Waals surface area contributed by atoms with E-state index in [1.54, 1.807) is 18.3 Å². The number of thiophene rings is 1. The highest BCUT2D eigenvalue weighted by molar-refractivity contribution is 7.12. The minimum atomic E-state index is -0.600. The van der Waals surface area contributed by atoms with Gasteiger partial charge in [-0.1, -0.05) is 0 Å². The van der Waals surface area contributed by atoms with Crippen LogP contribution in [-0.4, -0.2) is 45.0 Å². The van der Waals surface area contributed by atoms with E-state index >= 15 is 0 Å². The number of nitrogens with zero attached hydrogens (tertiary/aromatic N) is 3. The normalized spacial score (nSPS) is 19.6. The maximum Gasteiger partial charge on any atom is 0.389 e. The molecule has 0 radical (unpaired) electrons. The summed E-state index contributed by atoms with van der Waals surface area (Å²) in [6.45, 7) is 2.23. The van der Waals surface area contributed by atoms with E-state index in [0.29, 0.717) is 18.4 Å². The zero-order valence-electron chi connectivity index (χ0n) is 18.9. The first kappa shape index (κ1) is 24.0. The average molecular weight is 490 g/mol. The lowest BCUT2D eigenvalue weighted by Crippen LogP contribution is -2.46. The Morgan fingerprint density at radius 2 is 2.12 bits per heavy atom. The van der Waals surface area contributed by atoms with E-state index in [4.69, 9.17) is 4.74 Å². The topological polar surface area (TPSA) is 145 Å². The number of hydrazine groups is 1. The van der Waals surface area contributed by atoms with Crippen LogP contribution in [0, 0.1) is 10.1 Å². The smallest absolute Gasteiger partial charge is 0.389 e. The number of nitrogens with one attached hydrogen (secondary N) is 2. The van der Waals surface area contributed by atoms with Crippen molar-refractivity contribution >= 4 is 34.8 Å². The zero-order chi connectivity index (χ0) is 24.2. The molecule has 2 unspecified atom stereocenters. The first-order valence-corrected chi connectivity index (χ1v) is 12.3. The zero-order valence-corrected chi connectivity index (χ0v) is 19.7. The molecule has 11 nitrogen and oxygen atoms in total. The van der Waals surface area contributed by atoms with Crippen LogP contribution in [-0.2, 0) is 33.7 Å². The third kappa shape index (κ3) is 5.02. The first-order valence-electron chi connectivity index (χ1n) is 11.5. The molecular formula is C22H27N5O6S. The SMILES string of the molecule is CCOC(=O)c1c(C2CCC(NNC(=O)CCn3ccc([N+](=O)[O-])n3)C2=O)sc2c1CCCC2. The number of carbonyl (C=O) groups excluding carboxylic acids is 3. The van der Waals surface area contributed by atoms with Crippen molar-refractivity contribution in [2.45, 2.75) is 70.4 Å². The fourth-order valence-electron chi connectivity index (χ4n) is 4.54. The Morgan fingerprint density at radius 3 is 2.85 bits per heavy atom. The number of rotatable bonds is 9. The number of carbonyl (C=O) groups is 3. The highest BCUT2D eigenvalue weighted by Crippen LogP contribution is 2.43. The molecule has 1 fully saturated rings. The Morgan fingerprint density at radius 1 is 1.32 bits per heavy atom. The number of ether oxygens (including phenoxy) is 1. The van der Waals surface area contributed by atoms with E-state index in [2.05, 4.69) is 16.0 Å². The second-order valence-electron chi connectivity index (χ2n) is 8.39. The summed E-state index contributed by atoms with van der Waals surface area (Å²) < 4.78 is 6.63. The van der Waals surface area contributed by atoms with Crippen molar-refractivity contribution < 1.29 is 24.0 Å². The number of esters is 1. The highest BCUT2D eigenvalue weighted by atomic mass is 32.1. The summed E-state index contributed by atoms with van der Waals surface area (Å²) in [4.78, 5) is 50.2. The van der Waals surface area contributed by atoms with E-state index in [-0.39, 0.29) is 43.1 Å². The lowest BCUT2D eigenvalue weighted by atomic mass is 9.91. The van der Waals surface area contributed by atoms with Crippen molar-refractivity contribution in [1.82, 2.24) is 20.6 Å². The number of aromatic nitrogens is 2. The predicted molar refractivity (Wildman–Crippen MR) is 122 cm³/mol. The molecule has 0 bridgehead atoms. The summed E-state index contributed by atoms with van der Waals surface area (Å²) in [7, 11) is 0. The highest BCUT2D eigenvalue weighted by Gasteiger charge is 2.40. The van der Waals surface area contributed by atoms with Crippen LogP contribution in [0.3, 0.4) is 0 Å². The van der Waals surface area contributed by atoms with E-state index in [1.165, 1.54) is 21.8 Å². The van der Waals surface area contributed by atoms with Crippen molar-refractivity contribution in [3.8, 4) is 0 Å². The van der Waals surface area contributed by atoms with Crippen molar-refractivity contribution in [2.24, 2.45) is 0 Å². The number of aryl methyl sites for hydroxylation is 2. The Bertz CT molecular complexity index is 1110. The fourth-order valence-corrected chi connectivity index (χ4v) is 6.07. The molecule has 2 aliphatic rings. The van der Waals surface area contributed by atoms with Crippen LogP contribution in [0.1, 0.15) is 70.6 Å². The quantitative estimate of drug-likeness (QED) is 0.310. The molecule has 0 aromatic carbocycles. The first-order chi connectivity index (χ1) is 16.4. The Hall–Kier alpha value is -3.12. The number of hydrogen-bond donors (Lipinski definition) is 2. The van der Waals surface area contributed by atoms with Crippen LogP contribution < -0.4 is 10.9 Å². The molecule has 34 heavy (non-hydrogen) atoms. The summed E-state index contributed by atoms with van der Waals surface area (Å²) in [5, 5.41) is 14.5. The molecule has 12 heteroatoms. The van der Waals surface area contributed by atoms with Gasteiger partial charge in [-0.3, -0.25) is 15.0 Å². The molecule has 2 aromatic heterocycles. The van der Waals surface area contributed by atoms with Crippen LogP contribution in [0.4, 0.5) is 5.82 Å². The van der Waals surface area contributed by atoms with Gasteiger partial charge in [-0.25, -0.2) is 10.2 Å². The molecule has 2 N–H and O–H groups in total. The number of ketones is 1. The van der Waals surface area contributed by atoms with E-state index < -0.39 is 16.9 Å². The van der Waals surface area contributed by atoms with Crippen LogP contribution in [0.25, 0.3) is 0 Å². The number of nitro groups is 1. The largest absolute Gasteiger partial charge is 0.462 e. The molecule has 2 atom stereocenters. The van der Waals surface area contributed by atoms with Gasteiger partial charge in [-0.2, -0.15) is 4.68 Å². The molecule has 2 heterocycles. The Kier molecular flexibility index (Phi) is 7.37. The van der Waals surface area contributed by atoms with Gasteiger partial charge in [-0.15, -0.1) is 11.3 Å². The van der Waals surface area contributed by atoms with Gasteiger partial charge in [0.1, 0.15) is 0 Å². The van der Waals surface area contributed by atoms with Crippen LogP contribution in [0.2, 0.25) is 0 Å². The molecule has 0 aliphatic heterocycles. The molecule has 0 saturated heterocycles. The third-order valence-corrected chi connectivity index (χ3v) is 7.60. The van der Waals surface area contributed by atoms with Crippen molar-refractivity contribution in [2.75, 3.05) is 6.61 Å². The molecule has 2 aliphatic carbocycles. The molecule has 4 rings (SSSR count). The van der Waals surface area contributed by atoms with Gasteiger partial charge in [0, 0.05) is 16.2 Å². The van der Waals surface area contributed by atoms with Gasteiger partial charge < -0.3 is 14.9 Å². The molecule has 1 saturated carbocycles. The minimum Gasteiger partial charge on any atom is -0.462 e. The van der Waals surface area contributed by atoms with Gasteiger partial charge in [0.15, 0.2) is 5.78 Å². The van der Waals surface area contributed by atoms with Gasteiger partial charge in [0.2, 0.25) is 5.91 Å². The second-order valence-corrected chi connectivity index (χ2v) is 9.53. The van der Waals surface area contributed by atoms with Gasteiger partial charge in [0.25, 0.3) is 0 Å². The maximum atomic E-state index is 13.2. The monoisotopic (exact) mass is 489 g/mol. The van der Waals surface area contributed by atoms with Crippen molar-refractivity contribution in [3.05, 3.63) is 43.3 Å². The Balaban J connectivity index is 1.36. The van der Waals surface area contributed by atoms with Crippen molar-refractivity contribution in [1.29, 1.82) is 0 Å². The number of hydrogen-bond acceptors (Lipinski definition) is 9. The molecule has 2 aromatic rings. The molecule has 182 valence electrons. The number of amides is 1. The summed E-state index contributed by atoms with van der Waals surface area (Å²) >= 11 is 1.56. The summed E-state index contributed by atoms with van der Waals surface area (Å²) in [5.41, 5.74) is 7.01. The van der Waals surface area contributed by atoms with Gasteiger partial charge in [-0.05, 0) is 55.9 Å². The summed E-state index contributed by atoms with van der Waals surface area (Å²) in [6, 6.07) is 0.717. The van der Waals surface area contributed by atoms with E-state index in [9.17, 15) is 24.5 Å². The van der Waals surface area contributed by atoms with Crippen LogP contribution >= 0.6 is 11.3 Å². The number of fused-ring (bicyclic) bond motifs is 1. The Labute approximate surface area is 200 Å². The summed E-state index contributed by atoms with van der Waals surface area (Å²) in [6.07, 6.45) is 6.47. The maximum absolute atomic E-state index is 13.2. The van der Waals surface area contributed by atoms with Gasteiger partial charge in [0.05, 0.1) is 48.0 Å². The van der Waals surface area contributed by atoms with Gasteiger partial charge >= 0.3 is 11.8 Å². The standard InChI is InChI=1S/C22H27N5O6S/c1-2-33-22(30)19-13-5-3-4-6-16(13)34-21(19)14-7-8-15(20(14)29)23-24-18(28)10-12-26-11-9-17(25-26)27(31)32/h9,11,14-15,23H,2-8,10,12H2,1H3,(H,24,28).